The van der Waals surface area contributed by atoms with Gasteiger partial charge in [0, 0.05) is 17.6 Å². The van der Waals surface area contributed by atoms with Crippen LogP contribution in [-0.4, -0.2) is 21.0 Å². The summed E-state index contributed by atoms with van der Waals surface area (Å²) >= 11 is 6.12. The van der Waals surface area contributed by atoms with Crippen molar-refractivity contribution in [2.45, 2.75) is 37.8 Å². The van der Waals surface area contributed by atoms with E-state index in [4.69, 9.17) is 11.6 Å². The molecule has 0 amide bonds. The van der Waals surface area contributed by atoms with Crippen molar-refractivity contribution in [3.8, 4) is 0 Å². The van der Waals surface area contributed by atoms with Crippen LogP contribution < -0.4 is 10.0 Å². The smallest absolute Gasteiger partial charge is 0.240 e. The number of halogens is 1. The van der Waals surface area contributed by atoms with Gasteiger partial charge in [-0.25, -0.2) is 13.1 Å². The summed E-state index contributed by atoms with van der Waals surface area (Å²) in [5, 5.41) is 3.64. The third-order valence-corrected chi connectivity index (χ3v) is 5.16. The lowest BCUT2D eigenvalue weighted by Gasteiger charge is -2.09. The van der Waals surface area contributed by atoms with E-state index in [1.807, 2.05) is 13.8 Å². The SMILES string of the molecule is CCNCc1ccc(S(=O)(=O)NC2CC2C)cc1Cl. The Bertz CT molecular complexity index is 560. The van der Waals surface area contributed by atoms with E-state index in [1.54, 1.807) is 12.1 Å². The zero-order valence-corrected chi connectivity index (χ0v) is 12.7. The Morgan fingerprint density at radius 2 is 2.11 bits per heavy atom. The first-order valence-corrected chi connectivity index (χ1v) is 8.31. The second-order valence-corrected chi connectivity index (χ2v) is 7.10. The first-order chi connectivity index (χ1) is 8.94. The summed E-state index contributed by atoms with van der Waals surface area (Å²) in [4.78, 5) is 0.233. The number of sulfonamides is 1. The molecule has 106 valence electrons. The van der Waals surface area contributed by atoms with E-state index in [2.05, 4.69) is 10.0 Å². The highest BCUT2D eigenvalue weighted by atomic mass is 35.5. The summed E-state index contributed by atoms with van der Waals surface area (Å²) in [6.07, 6.45) is 0.908. The zero-order valence-electron chi connectivity index (χ0n) is 11.1. The van der Waals surface area contributed by atoms with Gasteiger partial charge in [0.05, 0.1) is 4.90 Å². The van der Waals surface area contributed by atoms with Gasteiger partial charge in [0.2, 0.25) is 10.0 Å². The van der Waals surface area contributed by atoms with Crippen LogP contribution in [0.15, 0.2) is 23.1 Å². The van der Waals surface area contributed by atoms with Gasteiger partial charge in [0.1, 0.15) is 0 Å². The highest BCUT2D eigenvalue weighted by Gasteiger charge is 2.36. The molecule has 6 heteroatoms. The Kier molecular flexibility index (Phi) is 4.50. The topological polar surface area (TPSA) is 58.2 Å². The molecule has 1 aromatic rings. The van der Waals surface area contributed by atoms with Crippen molar-refractivity contribution < 1.29 is 8.42 Å². The minimum Gasteiger partial charge on any atom is -0.313 e. The molecule has 1 aromatic carbocycles. The maximum atomic E-state index is 12.1. The van der Waals surface area contributed by atoms with Crippen LogP contribution in [0.2, 0.25) is 5.02 Å². The fourth-order valence-corrected chi connectivity index (χ4v) is 3.55. The van der Waals surface area contributed by atoms with E-state index in [-0.39, 0.29) is 10.9 Å². The number of rotatable bonds is 6. The molecule has 4 nitrogen and oxygen atoms in total. The van der Waals surface area contributed by atoms with E-state index in [1.165, 1.54) is 6.07 Å². The van der Waals surface area contributed by atoms with Crippen LogP contribution in [0.25, 0.3) is 0 Å². The van der Waals surface area contributed by atoms with Crippen molar-refractivity contribution in [1.82, 2.24) is 10.0 Å². The average molecular weight is 303 g/mol. The molecule has 19 heavy (non-hydrogen) atoms. The second kappa shape index (κ2) is 5.79. The molecule has 0 bridgehead atoms. The molecule has 2 rings (SSSR count). The molecule has 2 atom stereocenters. The molecule has 1 aliphatic rings. The summed E-state index contributed by atoms with van der Waals surface area (Å²) in [5.41, 5.74) is 0.905. The van der Waals surface area contributed by atoms with Crippen LogP contribution in [0.3, 0.4) is 0 Å². The Morgan fingerprint density at radius 1 is 1.42 bits per heavy atom. The van der Waals surface area contributed by atoms with Gasteiger partial charge in [-0.3, -0.25) is 0 Å². The largest absolute Gasteiger partial charge is 0.313 e. The van der Waals surface area contributed by atoms with Gasteiger partial charge in [-0.2, -0.15) is 0 Å². The van der Waals surface area contributed by atoms with Crippen molar-refractivity contribution in [2.24, 2.45) is 5.92 Å². The lowest BCUT2D eigenvalue weighted by atomic mass is 10.2. The second-order valence-electron chi connectivity index (χ2n) is 4.97. The van der Waals surface area contributed by atoms with Crippen LogP contribution in [0.1, 0.15) is 25.8 Å². The molecule has 2 N–H and O–H groups in total. The Balaban J connectivity index is 2.14. The molecule has 0 spiro atoms. The molecule has 1 saturated carbocycles. The summed E-state index contributed by atoms with van der Waals surface area (Å²) < 4.78 is 26.9. The van der Waals surface area contributed by atoms with Crippen molar-refractivity contribution in [1.29, 1.82) is 0 Å². The molecular formula is C13H19ClN2O2S. The fourth-order valence-electron chi connectivity index (χ4n) is 1.85. The normalized spacial score (nSPS) is 22.5. The standard InChI is InChI=1S/C13H19ClN2O2S/c1-3-15-8-10-4-5-11(7-12(10)14)19(17,18)16-13-6-9(13)2/h4-5,7,9,13,15-16H,3,6,8H2,1-2H3. The van der Waals surface area contributed by atoms with Crippen LogP contribution in [0.4, 0.5) is 0 Å². The molecule has 0 saturated heterocycles. The molecule has 0 aliphatic heterocycles. The molecular weight excluding hydrogens is 284 g/mol. The van der Waals surface area contributed by atoms with Crippen LogP contribution in [-0.2, 0) is 16.6 Å². The van der Waals surface area contributed by atoms with Crippen LogP contribution in [0, 0.1) is 5.92 Å². The maximum absolute atomic E-state index is 12.1. The minimum atomic E-state index is -3.44. The lowest BCUT2D eigenvalue weighted by molar-refractivity contribution is 0.578. The van der Waals surface area contributed by atoms with Crippen molar-refractivity contribution >= 4 is 21.6 Å². The van der Waals surface area contributed by atoms with E-state index in [0.29, 0.717) is 17.5 Å². The van der Waals surface area contributed by atoms with Gasteiger partial charge in [-0.05, 0) is 36.6 Å². The molecule has 2 unspecified atom stereocenters. The van der Waals surface area contributed by atoms with Gasteiger partial charge in [0.15, 0.2) is 0 Å². The van der Waals surface area contributed by atoms with E-state index < -0.39 is 10.0 Å². The maximum Gasteiger partial charge on any atom is 0.240 e. The quantitative estimate of drug-likeness (QED) is 0.846. The zero-order chi connectivity index (χ0) is 14.0. The summed E-state index contributed by atoms with van der Waals surface area (Å²) in [5.74, 6) is 0.429. The van der Waals surface area contributed by atoms with Crippen molar-refractivity contribution in [2.75, 3.05) is 6.54 Å². The van der Waals surface area contributed by atoms with E-state index in [0.717, 1.165) is 18.5 Å². The Morgan fingerprint density at radius 3 is 2.63 bits per heavy atom. The minimum absolute atomic E-state index is 0.0743. The third kappa shape index (κ3) is 3.69. The highest BCUT2D eigenvalue weighted by molar-refractivity contribution is 7.89. The number of benzene rings is 1. The fraction of sp³-hybridized carbons (Fsp3) is 0.538. The predicted molar refractivity (Wildman–Crippen MR) is 76.7 cm³/mol. The summed E-state index contributed by atoms with van der Waals surface area (Å²) in [7, 11) is -3.44. The van der Waals surface area contributed by atoms with Gasteiger partial charge >= 0.3 is 0 Å². The molecule has 0 aromatic heterocycles. The average Bonchev–Trinajstić information content (AvgIpc) is 3.02. The third-order valence-electron chi connectivity index (χ3n) is 3.32. The molecule has 1 aliphatic carbocycles. The van der Waals surface area contributed by atoms with Gasteiger partial charge in [-0.15, -0.1) is 0 Å². The lowest BCUT2D eigenvalue weighted by Crippen LogP contribution is -2.26. The van der Waals surface area contributed by atoms with Gasteiger partial charge in [0.25, 0.3) is 0 Å². The number of hydrogen-bond donors (Lipinski definition) is 2. The van der Waals surface area contributed by atoms with Gasteiger partial charge in [-0.1, -0.05) is 31.5 Å². The van der Waals surface area contributed by atoms with E-state index >= 15 is 0 Å². The van der Waals surface area contributed by atoms with Crippen molar-refractivity contribution in [3.05, 3.63) is 28.8 Å². The summed E-state index contributed by atoms with van der Waals surface area (Å²) in [6, 6.07) is 4.96. The predicted octanol–water partition coefficient (Wildman–Crippen LogP) is 2.14. The first-order valence-electron chi connectivity index (χ1n) is 6.45. The Labute approximate surface area is 119 Å². The Hall–Kier alpha value is -0.620. The number of hydrogen-bond acceptors (Lipinski definition) is 3. The monoisotopic (exact) mass is 302 g/mol. The first kappa shape index (κ1) is 14.8. The molecule has 1 fully saturated rings. The molecule has 0 heterocycles. The van der Waals surface area contributed by atoms with Crippen LogP contribution >= 0.6 is 11.6 Å². The number of nitrogens with one attached hydrogen (secondary N) is 2. The van der Waals surface area contributed by atoms with Gasteiger partial charge < -0.3 is 5.32 Å². The highest BCUT2D eigenvalue weighted by Crippen LogP contribution is 2.31. The molecule has 0 radical (unpaired) electrons. The summed E-state index contributed by atoms with van der Waals surface area (Å²) in [6.45, 7) is 5.52. The van der Waals surface area contributed by atoms with Crippen molar-refractivity contribution in [3.63, 3.8) is 0 Å². The van der Waals surface area contributed by atoms with Crippen LogP contribution in [0.5, 0.6) is 0 Å². The van der Waals surface area contributed by atoms with E-state index in [9.17, 15) is 8.42 Å².